The summed E-state index contributed by atoms with van der Waals surface area (Å²) >= 11 is 1.39. The SMILES string of the molecule is COc1ncc2nc(Nc3sc(-c4ccc(C(C)(C)O)cc4)cc3C(N)=O)ccc2n1. The average Bonchev–Trinajstić information content (AvgIpc) is 3.17. The fourth-order valence-electron chi connectivity index (χ4n) is 3.04. The van der Waals surface area contributed by atoms with Crippen LogP contribution in [0.25, 0.3) is 21.5 Å². The van der Waals surface area contributed by atoms with Gasteiger partial charge >= 0.3 is 6.01 Å². The molecule has 0 atom stereocenters. The zero-order valence-corrected chi connectivity index (χ0v) is 18.0. The fraction of sp³-hybridized carbons (Fsp3) is 0.182. The van der Waals surface area contributed by atoms with Gasteiger partial charge in [-0.2, -0.15) is 4.98 Å². The molecule has 1 amide bonds. The van der Waals surface area contributed by atoms with E-state index < -0.39 is 11.5 Å². The van der Waals surface area contributed by atoms with E-state index in [1.165, 1.54) is 18.4 Å². The van der Waals surface area contributed by atoms with Gasteiger partial charge in [0.25, 0.3) is 5.91 Å². The standard InChI is InChI=1S/C22H21N5O3S/c1-22(2,29)13-6-4-12(5-7-13)17-10-14(19(23)28)20(31-17)27-18-9-8-15-16(25-18)11-24-21(26-15)30-3/h4-11,29H,1-3H3,(H2,23,28)(H,25,27). The molecular weight excluding hydrogens is 414 g/mol. The summed E-state index contributed by atoms with van der Waals surface area (Å²) < 4.78 is 5.03. The van der Waals surface area contributed by atoms with Gasteiger partial charge in [-0.3, -0.25) is 4.79 Å². The number of thiophene rings is 1. The minimum Gasteiger partial charge on any atom is -0.467 e. The number of amides is 1. The van der Waals surface area contributed by atoms with E-state index in [1.54, 1.807) is 38.2 Å². The molecule has 8 nitrogen and oxygen atoms in total. The number of nitrogens with zero attached hydrogens (tertiary/aromatic N) is 3. The molecule has 3 heterocycles. The minimum absolute atomic E-state index is 0.268. The molecule has 0 aliphatic carbocycles. The lowest BCUT2D eigenvalue weighted by atomic mass is 9.97. The second-order valence-corrected chi connectivity index (χ2v) is 8.49. The van der Waals surface area contributed by atoms with Crippen molar-refractivity contribution >= 4 is 39.1 Å². The molecule has 31 heavy (non-hydrogen) atoms. The summed E-state index contributed by atoms with van der Waals surface area (Å²) in [5.74, 6) is 0.00140. The highest BCUT2D eigenvalue weighted by molar-refractivity contribution is 7.19. The number of hydrogen-bond donors (Lipinski definition) is 3. The van der Waals surface area contributed by atoms with Crippen molar-refractivity contribution in [3.8, 4) is 16.5 Å². The zero-order valence-electron chi connectivity index (χ0n) is 17.2. The van der Waals surface area contributed by atoms with E-state index in [2.05, 4.69) is 20.3 Å². The third-order valence-electron chi connectivity index (χ3n) is 4.71. The van der Waals surface area contributed by atoms with Crippen LogP contribution in [0.15, 0.2) is 48.7 Å². The second kappa shape index (κ2) is 7.93. The van der Waals surface area contributed by atoms with Gasteiger partial charge in [-0.1, -0.05) is 24.3 Å². The van der Waals surface area contributed by atoms with Gasteiger partial charge in [-0.15, -0.1) is 11.3 Å². The van der Waals surface area contributed by atoms with Gasteiger partial charge < -0.3 is 20.9 Å². The lowest BCUT2D eigenvalue weighted by Crippen LogP contribution is -2.14. The van der Waals surface area contributed by atoms with E-state index in [0.29, 0.717) is 27.4 Å². The lowest BCUT2D eigenvalue weighted by molar-refractivity contribution is 0.0786. The monoisotopic (exact) mass is 435 g/mol. The van der Waals surface area contributed by atoms with Gasteiger partial charge in [-0.05, 0) is 43.2 Å². The second-order valence-electron chi connectivity index (χ2n) is 7.44. The van der Waals surface area contributed by atoms with Gasteiger partial charge in [0.15, 0.2) is 0 Å². The topological polar surface area (TPSA) is 123 Å². The zero-order chi connectivity index (χ0) is 22.2. The number of benzene rings is 1. The summed E-state index contributed by atoms with van der Waals surface area (Å²) in [6, 6.07) is 13.1. The number of carbonyl (C=O) groups excluding carboxylic acids is 1. The molecule has 4 aromatic rings. The molecule has 0 fully saturated rings. The highest BCUT2D eigenvalue weighted by atomic mass is 32.1. The number of nitrogens with two attached hydrogens (primary N) is 1. The number of fused-ring (bicyclic) bond motifs is 1. The summed E-state index contributed by atoms with van der Waals surface area (Å²) in [5, 5.41) is 13.9. The number of anilines is 2. The Morgan fingerprint density at radius 2 is 1.87 bits per heavy atom. The maximum absolute atomic E-state index is 12.0. The Kier molecular flexibility index (Phi) is 5.30. The molecular formula is C22H21N5O3S. The third kappa shape index (κ3) is 4.32. The number of nitrogens with one attached hydrogen (secondary N) is 1. The van der Waals surface area contributed by atoms with Crippen molar-refractivity contribution in [2.24, 2.45) is 5.73 Å². The molecule has 0 unspecified atom stereocenters. The van der Waals surface area contributed by atoms with Crippen LogP contribution in [0.1, 0.15) is 29.8 Å². The number of aromatic nitrogens is 3. The number of pyridine rings is 1. The van der Waals surface area contributed by atoms with E-state index in [9.17, 15) is 9.90 Å². The average molecular weight is 436 g/mol. The first-order chi connectivity index (χ1) is 14.7. The Morgan fingerprint density at radius 1 is 1.13 bits per heavy atom. The Balaban J connectivity index is 1.66. The van der Waals surface area contributed by atoms with Crippen LogP contribution in [0.3, 0.4) is 0 Å². The smallest absolute Gasteiger partial charge is 0.316 e. The van der Waals surface area contributed by atoms with Crippen molar-refractivity contribution < 1.29 is 14.6 Å². The number of ether oxygens (including phenoxy) is 1. The van der Waals surface area contributed by atoms with Crippen LogP contribution in [0.5, 0.6) is 6.01 Å². The van der Waals surface area contributed by atoms with E-state index >= 15 is 0 Å². The number of hydrogen-bond acceptors (Lipinski definition) is 8. The largest absolute Gasteiger partial charge is 0.467 e. The number of primary amides is 1. The van der Waals surface area contributed by atoms with Crippen LogP contribution in [-0.2, 0) is 5.60 Å². The first-order valence-corrected chi connectivity index (χ1v) is 10.3. The van der Waals surface area contributed by atoms with E-state index in [1.807, 2.05) is 24.3 Å². The molecule has 4 N–H and O–H groups in total. The van der Waals surface area contributed by atoms with Crippen LogP contribution in [0.4, 0.5) is 10.8 Å². The highest BCUT2D eigenvalue weighted by Gasteiger charge is 2.18. The Bertz CT molecular complexity index is 1260. The Morgan fingerprint density at radius 3 is 2.52 bits per heavy atom. The van der Waals surface area contributed by atoms with Gasteiger partial charge in [0, 0.05) is 4.88 Å². The summed E-state index contributed by atoms with van der Waals surface area (Å²) in [6.07, 6.45) is 1.57. The molecule has 0 spiro atoms. The van der Waals surface area contributed by atoms with Crippen LogP contribution in [0, 0.1) is 0 Å². The van der Waals surface area contributed by atoms with Gasteiger partial charge in [0.05, 0.1) is 30.0 Å². The first-order valence-electron chi connectivity index (χ1n) is 9.46. The Hall–Kier alpha value is -3.56. The Labute approximate surface area is 182 Å². The molecule has 0 bridgehead atoms. The maximum Gasteiger partial charge on any atom is 0.316 e. The summed E-state index contributed by atoms with van der Waals surface area (Å²) in [5.41, 5.74) is 8.01. The minimum atomic E-state index is -0.922. The van der Waals surface area contributed by atoms with Crippen LogP contribution in [-0.4, -0.2) is 33.1 Å². The van der Waals surface area contributed by atoms with Crippen molar-refractivity contribution in [1.82, 2.24) is 15.0 Å². The van der Waals surface area contributed by atoms with Crippen molar-refractivity contribution in [1.29, 1.82) is 0 Å². The van der Waals surface area contributed by atoms with Crippen LogP contribution in [0.2, 0.25) is 0 Å². The van der Waals surface area contributed by atoms with Crippen LogP contribution >= 0.6 is 11.3 Å². The van der Waals surface area contributed by atoms with Gasteiger partial charge in [0.1, 0.15) is 16.3 Å². The molecule has 0 saturated heterocycles. The predicted octanol–water partition coefficient (Wildman–Crippen LogP) is 3.83. The summed E-state index contributed by atoms with van der Waals surface area (Å²) in [4.78, 5) is 25.7. The summed E-state index contributed by atoms with van der Waals surface area (Å²) in [6.45, 7) is 3.47. The van der Waals surface area contributed by atoms with E-state index in [0.717, 1.165) is 16.0 Å². The molecule has 9 heteroatoms. The molecule has 3 aromatic heterocycles. The van der Waals surface area contributed by atoms with Crippen molar-refractivity contribution in [3.63, 3.8) is 0 Å². The number of methoxy groups -OCH3 is 1. The van der Waals surface area contributed by atoms with Crippen LogP contribution < -0.4 is 15.8 Å². The lowest BCUT2D eigenvalue weighted by Gasteiger charge is -2.17. The van der Waals surface area contributed by atoms with E-state index in [4.69, 9.17) is 10.5 Å². The normalized spacial score (nSPS) is 11.5. The molecule has 0 aliphatic rings. The summed E-state index contributed by atoms with van der Waals surface area (Å²) in [7, 11) is 1.50. The number of aliphatic hydroxyl groups is 1. The van der Waals surface area contributed by atoms with E-state index in [-0.39, 0.29) is 6.01 Å². The molecule has 0 aliphatic heterocycles. The van der Waals surface area contributed by atoms with Gasteiger partial charge in [-0.25, -0.2) is 9.97 Å². The quantitative estimate of drug-likeness (QED) is 0.420. The number of rotatable bonds is 6. The molecule has 0 saturated carbocycles. The molecule has 0 radical (unpaired) electrons. The molecule has 4 rings (SSSR count). The van der Waals surface area contributed by atoms with Crippen molar-refractivity contribution in [3.05, 3.63) is 59.8 Å². The van der Waals surface area contributed by atoms with Gasteiger partial charge in [0.2, 0.25) is 0 Å². The molecule has 1 aromatic carbocycles. The number of carbonyl (C=O) groups is 1. The third-order valence-corrected chi connectivity index (χ3v) is 5.81. The predicted molar refractivity (Wildman–Crippen MR) is 121 cm³/mol. The van der Waals surface area contributed by atoms with Crippen molar-refractivity contribution in [2.75, 3.05) is 12.4 Å². The molecule has 158 valence electrons. The first kappa shape index (κ1) is 20.7. The highest BCUT2D eigenvalue weighted by Crippen LogP contribution is 2.37. The maximum atomic E-state index is 12.0. The van der Waals surface area contributed by atoms with Crippen molar-refractivity contribution in [2.45, 2.75) is 19.4 Å². The fourth-order valence-corrected chi connectivity index (χ4v) is 4.12.